The molecule has 0 radical (unpaired) electrons. The van der Waals surface area contributed by atoms with E-state index in [4.69, 9.17) is 16.3 Å². The van der Waals surface area contributed by atoms with Gasteiger partial charge in [0.05, 0.1) is 13.7 Å². The maximum absolute atomic E-state index is 11.2. The Morgan fingerprint density at radius 3 is 2.88 bits per heavy atom. The van der Waals surface area contributed by atoms with Crippen molar-refractivity contribution in [1.82, 2.24) is 4.98 Å². The van der Waals surface area contributed by atoms with Crippen LogP contribution in [0.15, 0.2) is 12.1 Å². The summed E-state index contributed by atoms with van der Waals surface area (Å²) < 4.78 is 9.99. The molecule has 0 amide bonds. The number of hydrogen-bond acceptors (Lipinski definition) is 4. The number of carbonyl (C=O) groups excluding carboxylic acids is 1. The molecule has 4 nitrogen and oxygen atoms in total. The lowest BCUT2D eigenvalue weighted by Crippen LogP contribution is -2.05. The van der Waals surface area contributed by atoms with E-state index in [0.717, 1.165) is 12.8 Å². The Hall–Kier alpha value is -1.29. The first-order valence-electron chi connectivity index (χ1n) is 5.06. The Kier molecular flexibility index (Phi) is 5.05. The molecule has 5 heteroatoms. The highest BCUT2D eigenvalue weighted by atomic mass is 35.5. The van der Waals surface area contributed by atoms with Crippen LogP contribution in [0, 0.1) is 0 Å². The van der Waals surface area contributed by atoms with Crippen LogP contribution in [0.3, 0.4) is 0 Å². The number of halogens is 1. The number of esters is 1. The van der Waals surface area contributed by atoms with E-state index in [1.54, 1.807) is 6.07 Å². The summed E-state index contributed by atoms with van der Waals surface area (Å²) in [5.74, 6) is 0.0108. The van der Waals surface area contributed by atoms with Crippen LogP contribution >= 0.6 is 11.6 Å². The van der Waals surface area contributed by atoms with E-state index in [1.807, 2.05) is 0 Å². The smallest absolute Gasteiger partial charge is 0.356 e. The second-order valence-electron chi connectivity index (χ2n) is 3.20. The van der Waals surface area contributed by atoms with Gasteiger partial charge in [-0.25, -0.2) is 9.78 Å². The number of nitrogens with zero attached hydrogens (tertiary/aromatic N) is 1. The van der Waals surface area contributed by atoms with Crippen molar-refractivity contribution in [2.75, 3.05) is 13.7 Å². The van der Waals surface area contributed by atoms with E-state index in [-0.39, 0.29) is 10.8 Å². The third-order valence-electron chi connectivity index (χ3n) is 1.93. The second-order valence-corrected chi connectivity index (χ2v) is 3.59. The van der Waals surface area contributed by atoms with Gasteiger partial charge in [-0.2, -0.15) is 0 Å². The van der Waals surface area contributed by atoms with Crippen LogP contribution in [0.4, 0.5) is 0 Å². The van der Waals surface area contributed by atoms with Crippen molar-refractivity contribution < 1.29 is 14.3 Å². The van der Waals surface area contributed by atoms with Crippen molar-refractivity contribution in [2.45, 2.75) is 19.8 Å². The van der Waals surface area contributed by atoms with Crippen LogP contribution in [0.25, 0.3) is 0 Å². The summed E-state index contributed by atoms with van der Waals surface area (Å²) in [4.78, 5) is 15.1. The largest absolute Gasteiger partial charge is 0.493 e. The van der Waals surface area contributed by atoms with Gasteiger partial charge in [-0.05, 0) is 6.42 Å². The first-order valence-corrected chi connectivity index (χ1v) is 5.44. The third kappa shape index (κ3) is 3.70. The minimum absolute atomic E-state index is 0.154. The van der Waals surface area contributed by atoms with Gasteiger partial charge in [0.1, 0.15) is 10.9 Å². The highest BCUT2D eigenvalue weighted by molar-refractivity contribution is 6.29. The Morgan fingerprint density at radius 2 is 2.25 bits per heavy atom. The van der Waals surface area contributed by atoms with Gasteiger partial charge in [-0.3, -0.25) is 0 Å². The van der Waals surface area contributed by atoms with Crippen LogP contribution in [-0.4, -0.2) is 24.7 Å². The average molecular weight is 244 g/mol. The SMILES string of the molecule is CCCCOc1cc(Cl)nc(C(=O)OC)c1. The van der Waals surface area contributed by atoms with Crippen molar-refractivity contribution in [1.29, 1.82) is 0 Å². The molecule has 0 unspecified atom stereocenters. The summed E-state index contributed by atoms with van der Waals surface area (Å²) in [6.07, 6.45) is 2.00. The van der Waals surface area contributed by atoms with E-state index in [1.165, 1.54) is 13.2 Å². The predicted molar refractivity (Wildman–Crippen MR) is 61.0 cm³/mol. The van der Waals surface area contributed by atoms with Gasteiger partial charge >= 0.3 is 5.97 Å². The van der Waals surface area contributed by atoms with Crippen molar-refractivity contribution in [3.8, 4) is 5.75 Å². The van der Waals surface area contributed by atoms with E-state index in [2.05, 4.69) is 16.6 Å². The number of pyridine rings is 1. The molecule has 0 N–H and O–H groups in total. The third-order valence-corrected chi connectivity index (χ3v) is 2.12. The van der Waals surface area contributed by atoms with Crippen LogP contribution in [0.5, 0.6) is 5.75 Å². The molecule has 88 valence electrons. The molecule has 0 spiro atoms. The van der Waals surface area contributed by atoms with Gasteiger partial charge in [0.2, 0.25) is 0 Å². The average Bonchev–Trinajstić information content (AvgIpc) is 2.27. The van der Waals surface area contributed by atoms with Crippen molar-refractivity contribution in [2.24, 2.45) is 0 Å². The molecule has 16 heavy (non-hydrogen) atoms. The fraction of sp³-hybridized carbons (Fsp3) is 0.455. The summed E-state index contributed by atoms with van der Waals surface area (Å²) >= 11 is 5.76. The molecule has 0 atom stereocenters. The molecule has 0 bridgehead atoms. The van der Waals surface area contributed by atoms with E-state index in [9.17, 15) is 4.79 Å². The lowest BCUT2D eigenvalue weighted by molar-refractivity contribution is 0.0593. The lowest BCUT2D eigenvalue weighted by atomic mass is 10.3. The maximum atomic E-state index is 11.2. The Bertz CT molecular complexity index is 368. The molecule has 0 aliphatic heterocycles. The summed E-state index contributed by atoms with van der Waals surface area (Å²) in [6, 6.07) is 3.09. The maximum Gasteiger partial charge on any atom is 0.356 e. The van der Waals surface area contributed by atoms with Crippen molar-refractivity contribution in [3.05, 3.63) is 23.0 Å². The second kappa shape index (κ2) is 6.33. The normalized spacial score (nSPS) is 9.94. The zero-order valence-electron chi connectivity index (χ0n) is 9.33. The Balaban J connectivity index is 2.77. The lowest BCUT2D eigenvalue weighted by Gasteiger charge is -2.06. The summed E-state index contributed by atoms with van der Waals surface area (Å²) in [5, 5.41) is 0.217. The standard InChI is InChI=1S/C11H14ClNO3/c1-3-4-5-16-8-6-9(11(14)15-2)13-10(12)7-8/h6-7H,3-5H2,1-2H3. The van der Waals surface area contributed by atoms with Gasteiger partial charge in [0.15, 0.2) is 5.69 Å². The highest BCUT2D eigenvalue weighted by Crippen LogP contribution is 2.18. The van der Waals surface area contributed by atoms with Crippen LogP contribution in [0.2, 0.25) is 5.15 Å². The van der Waals surface area contributed by atoms with E-state index >= 15 is 0 Å². The Labute approximate surface area is 99.5 Å². The number of ether oxygens (including phenoxy) is 2. The topological polar surface area (TPSA) is 48.4 Å². The molecule has 0 fully saturated rings. The zero-order valence-corrected chi connectivity index (χ0v) is 10.1. The van der Waals surface area contributed by atoms with E-state index < -0.39 is 5.97 Å². The Morgan fingerprint density at radius 1 is 1.50 bits per heavy atom. The molecule has 0 aliphatic rings. The van der Waals surface area contributed by atoms with Gasteiger partial charge in [-0.15, -0.1) is 0 Å². The number of hydrogen-bond donors (Lipinski definition) is 0. The van der Waals surface area contributed by atoms with Crippen LogP contribution < -0.4 is 4.74 Å². The molecule has 0 saturated carbocycles. The number of aromatic nitrogens is 1. The zero-order chi connectivity index (χ0) is 12.0. The van der Waals surface area contributed by atoms with Crippen molar-refractivity contribution >= 4 is 17.6 Å². The molecular weight excluding hydrogens is 230 g/mol. The fourth-order valence-electron chi connectivity index (χ4n) is 1.10. The first-order chi connectivity index (χ1) is 7.67. The summed E-state index contributed by atoms with van der Waals surface area (Å²) in [5.41, 5.74) is 0.154. The minimum Gasteiger partial charge on any atom is -0.493 e. The molecule has 1 rings (SSSR count). The monoisotopic (exact) mass is 243 g/mol. The predicted octanol–water partition coefficient (Wildman–Crippen LogP) is 2.70. The molecule has 0 aromatic carbocycles. The molecule has 1 aromatic rings. The number of carbonyl (C=O) groups is 1. The first kappa shape index (κ1) is 12.8. The molecule has 1 heterocycles. The molecule has 0 saturated heterocycles. The summed E-state index contributed by atoms with van der Waals surface area (Å²) in [6.45, 7) is 2.67. The summed E-state index contributed by atoms with van der Waals surface area (Å²) in [7, 11) is 1.29. The van der Waals surface area contributed by atoms with Gasteiger partial charge in [-0.1, -0.05) is 24.9 Å². The highest BCUT2D eigenvalue weighted by Gasteiger charge is 2.10. The van der Waals surface area contributed by atoms with Gasteiger partial charge < -0.3 is 9.47 Å². The fourth-order valence-corrected chi connectivity index (χ4v) is 1.30. The number of unbranched alkanes of at least 4 members (excludes halogenated alkanes) is 1. The van der Waals surface area contributed by atoms with Crippen LogP contribution in [-0.2, 0) is 4.74 Å². The number of methoxy groups -OCH3 is 1. The molecule has 1 aromatic heterocycles. The molecular formula is C11H14ClNO3. The van der Waals surface area contributed by atoms with Gasteiger partial charge in [0.25, 0.3) is 0 Å². The van der Waals surface area contributed by atoms with E-state index in [0.29, 0.717) is 12.4 Å². The molecule has 0 aliphatic carbocycles. The van der Waals surface area contributed by atoms with Crippen LogP contribution in [0.1, 0.15) is 30.3 Å². The quantitative estimate of drug-likeness (QED) is 0.453. The van der Waals surface area contributed by atoms with Crippen molar-refractivity contribution in [3.63, 3.8) is 0 Å². The number of rotatable bonds is 5. The minimum atomic E-state index is -0.525. The van der Waals surface area contributed by atoms with Gasteiger partial charge in [0, 0.05) is 12.1 Å².